The van der Waals surface area contributed by atoms with Gasteiger partial charge in [0.1, 0.15) is 5.75 Å². The summed E-state index contributed by atoms with van der Waals surface area (Å²) >= 11 is 1.10. The van der Waals surface area contributed by atoms with Gasteiger partial charge in [0.05, 0.1) is 5.69 Å². The van der Waals surface area contributed by atoms with Crippen LogP contribution in [0, 0.1) is 6.92 Å². The molecule has 1 aromatic carbocycles. The molecule has 0 radical (unpaired) electrons. The van der Waals surface area contributed by atoms with E-state index in [2.05, 4.69) is 4.98 Å². The summed E-state index contributed by atoms with van der Waals surface area (Å²) in [6.07, 6.45) is 0. The maximum absolute atomic E-state index is 10.8. The second-order valence-electron chi connectivity index (χ2n) is 3.25. The molecule has 0 atom stereocenters. The number of carboxylic acids is 1. The van der Waals surface area contributed by atoms with Crippen molar-refractivity contribution < 1.29 is 15.0 Å². The van der Waals surface area contributed by atoms with Crippen LogP contribution in [0.25, 0.3) is 11.3 Å². The molecule has 1 heterocycles. The van der Waals surface area contributed by atoms with Crippen molar-refractivity contribution >= 4 is 17.3 Å². The molecule has 2 aromatic rings. The quantitative estimate of drug-likeness (QED) is 0.839. The summed E-state index contributed by atoms with van der Waals surface area (Å²) in [5.74, 6) is -0.942. The molecule has 2 N–H and O–H groups in total. The minimum atomic E-state index is -1.05. The number of hydrogen-bond acceptors (Lipinski definition) is 4. The molecule has 0 aliphatic heterocycles. The lowest BCUT2D eigenvalue weighted by Gasteiger charge is -2.00. The van der Waals surface area contributed by atoms with E-state index in [1.807, 2.05) is 0 Å². The van der Waals surface area contributed by atoms with E-state index in [1.165, 1.54) is 0 Å². The van der Waals surface area contributed by atoms with Crippen LogP contribution in [0.2, 0.25) is 0 Å². The number of aromatic nitrogens is 1. The second-order valence-corrected chi connectivity index (χ2v) is 4.45. The minimum Gasteiger partial charge on any atom is -0.507 e. The Hall–Kier alpha value is -1.88. The van der Waals surface area contributed by atoms with Crippen LogP contribution in [0.1, 0.15) is 14.7 Å². The predicted octanol–water partition coefficient (Wildman–Crippen LogP) is 2.52. The van der Waals surface area contributed by atoms with Crippen molar-refractivity contribution in [3.8, 4) is 17.0 Å². The Morgan fingerprint density at radius 3 is 2.62 bits per heavy atom. The number of carbonyl (C=O) groups is 1. The normalized spacial score (nSPS) is 10.3. The van der Waals surface area contributed by atoms with Gasteiger partial charge in [0, 0.05) is 10.4 Å². The maximum atomic E-state index is 10.8. The van der Waals surface area contributed by atoms with Gasteiger partial charge in [-0.15, -0.1) is 11.3 Å². The van der Waals surface area contributed by atoms with E-state index >= 15 is 0 Å². The van der Waals surface area contributed by atoms with Crippen LogP contribution in [-0.2, 0) is 0 Å². The largest absolute Gasteiger partial charge is 0.507 e. The van der Waals surface area contributed by atoms with E-state index < -0.39 is 5.97 Å². The number of benzene rings is 1. The molecule has 0 saturated carbocycles. The highest BCUT2D eigenvalue weighted by molar-refractivity contribution is 7.13. The number of aromatic carboxylic acids is 1. The van der Waals surface area contributed by atoms with Gasteiger partial charge >= 0.3 is 5.97 Å². The van der Waals surface area contributed by atoms with Gasteiger partial charge in [0.2, 0.25) is 5.01 Å². The number of thiazole rings is 1. The third kappa shape index (κ3) is 1.77. The third-order valence-corrected chi connectivity index (χ3v) is 3.10. The molecule has 1 aromatic heterocycles. The first-order valence-electron chi connectivity index (χ1n) is 4.58. The lowest BCUT2D eigenvalue weighted by Crippen LogP contribution is -1.94. The maximum Gasteiger partial charge on any atom is 0.365 e. The molecule has 0 aliphatic rings. The van der Waals surface area contributed by atoms with Crippen LogP contribution < -0.4 is 0 Å². The number of phenols is 1. The summed E-state index contributed by atoms with van der Waals surface area (Å²) in [4.78, 5) is 15.5. The first-order valence-corrected chi connectivity index (χ1v) is 5.40. The Morgan fingerprint density at radius 1 is 1.38 bits per heavy atom. The Kier molecular flexibility index (Phi) is 2.62. The molecule has 0 saturated heterocycles. The molecule has 2 rings (SSSR count). The van der Waals surface area contributed by atoms with Crippen molar-refractivity contribution in [2.45, 2.75) is 6.92 Å². The zero-order chi connectivity index (χ0) is 11.7. The molecule has 0 bridgehead atoms. The lowest BCUT2D eigenvalue weighted by atomic mass is 10.1. The van der Waals surface area contributed by atoms with E-state index in [1.54, 1.807) is 31.2 Å². The number of carboxylic acid groups (broad SMARTS) is 1. The van der Waals surface area contributed by atoms with Gasteiger partial charge in [0.15, 0.2) is 0 Å². The van der Waals surface area contributed by atoms with Crippen LogP contribution in [0.4, 0.5) is 0 Å². The van der Waals surface area contributed by atoms with Crippen molar-refractivity contribution in [1.82, 2.24) is 4.98 Å². The highest BCUT2D eigenvalue weighted by Gasteiger charge is 2.16. The summed E-state index contributed by atoms with van der Waals surface area (Å²) in [7, 11) is 0. The van der Waals surface area contributed by atoms with Gasteiger partial charge in [-0.2, -0.15) is 0 Å². The molecule has 5 heteroatoms. The number of aryl methyl sites for hydroxylation is 1. The highest BCUT2D eigenvalue weighted by Crippen LogP contribution is 2.33. The van der Waals surface area contributed by atoms with Gasteiger partial charge in [-0.25, -0.2) is 9.78 Å². The Labute approximate surface area is 95.8 Å². The first kappa shape index (κ1) is 10.6. The predicted molar refractivity (Wildman–Crippen MR) is 60.9 cm³/mol. The topological polar surface area (TPSA) is 70.4 Å². The molecule has 0 fully saturated rings. The van der Waals surface area contributed by atoms with Gasteiger partial charge in [-0.3, -0.25) is 0 Å². The molecular formula is C11H9NO3S. The molecule has 0 aliphatic carbocycles. The average Bonchev–Trinajstić information content (AvgIpc) is 2.61. The SMILES string of the molecule is Cc1sc(C(=O)O)nc1-c1ccccc1O. The van der Waals surface area contributed by atoms with Crippen molar-refractivity contribution in [2.75, 3.05) is 0 Å². The zero-order valence-electron chi connectivity index (χ0n) is 8.47. The number of para-hydroxylation sites is 1. The molecule has 0 amide bonds. The Bertz CT molecular complexity index is 548. The van der Waals surface area contributed by atoms with Crippen molar-refractivity contribution in [3.05, 3.63) is 34.2 Å². The summed E-state index contributed by atoms with van der Waals surface area (Å²) < 4.78 is 0. The fraction of sp³-hybridized carbons (Fsp3) is 0.0909. The number of aromatic hydroxyl groups is 1. The van der Waals surface area contributed by atoms with Crippen LogP contribution in [0.5, 0.6) is 5.75 Å². The van der Waals surface area contributed by atoms with Crippen LogP contribution >= 0.6 is 11.3 Å². The Morgan fingerprint density at radius 2 is 2.06 bits per heavy atom. The smallest absolute Gasteiger partial charge is 0.365 e. The molecule has 4 nitrogen and oxygen atoms in total. The van der Waals surface area contributed by atoms with Gasteiger partial charge < -0.3 is 10.2 Å². The summed E-state index contributed by atoms with van der Waals surface area (Å²) in [5.41, 5.74) is 1.09. The van der Waals surface area contributed by atoms with E-state index in [9.17, 15) is 9.90 Å². The van der Waals surface area contributed by atoms with E-state index in [0.717, 1.165) is 16.2 Å². The van der Waals surface area contributed by atoms with Crippen molar-refractivity contribution in [3.63, 3.8) is 0 Å². The monoisotopic (exact) mass is 235 g/mol. The molecular weight excluding hydrogens is 226 g/mol. The van der Waals surface area contributed by atoms with E-state index in [0.29, 0.717) is 11.3 Å². The van der Waals surface area contributed by atoms with E-state index in [4.69, 9.17) is 5.11 Å². The third-order valence-electron chi connectivity index (χ3n) is 2.14. The van der Waals surface area contributed by atoms with E-state index in [-0.39, 0.29) is 10.8 Å². The average molecular weight is 235 g/mol. The number of hydrogen-bond donors (Lipinski definition) is 2. The Balaban J connectivity index is 2.57. The fourth-order valence-electron chi connectivity index (χ4n) is 1.41. The summed E-state index contributed by atoms with van der Waals surface area (Å²) in [5, 5.41) is 18.5. The number of rotatable bonds is 2. The van der Waals surface area contributed by atoms with Crippen molar-refractivity contribution in [2.24, 2.45) is 0 Å². The number of nitrogens with zero attached hydrogens (tertiary/aromatic N) is 1. The molecule has 0 unspecified atom stereocenters. The lowest BCUT2D eigenvalue weighted by molar-refractivity contribution is 0.0696. The van der Waals surface area contributed by atoms with Crippen LogP contribution in [-0.4, -0.2) is 21.2 Å². The van der Waals surface area contributed by atoms with Crippen LogP contribution in [0.3, 0.4) is 0 Å². The fourth-order valence-corrected chi connectivity index (χ4v) is 2.18. The second kappa shape index (κ2) is 3.94. The first-order chi connectivity index (χ1) is 7.59. The van der Waals surface area contributed by atoms with Crippen molar-refractivity contribution in [1.29, 1.82) is 0 Å². The minimum absolute atomic E-state index is 0.0377. The molecule has 0 spiro atoms. The van der Waals surface area contributed by atoms with Gasteiger partial charge in [0.25, 0.3) is 0 Å². The zero-order valence-corrected chi connectivity index (χ0v) is 9.28. The summed E-state index contributed by atoms with van der Waals surface area (Å²) in [6.45, 7) is 1.78. The summed E-state index contributed by atoms with van der Waals surface area (Å²) in [6, 6.07) is 6.74. The number of phenolic OH excluding ortho intramolecular Hbond substituents is 1. The molecule has 16 heavy (non-hydrogen) atoms. The molecule has 82 valence electrons. The van der Waals surface area contributed by atoms with Gasteiger partial charge in [-0.1, -0.05) is 12.1 Å². The highest BCUT2D eigenvalue weighted by atomic mass is 32.1. The van der Waals surface area contributed by atoms with Gasteiger partial charge in [-0.05, 0) is 19.1 Å². The standard InChI is InChI=1S/C11H9NO3S/c1-6-9(12-10(16-6)11(14)15)7-4-2-3-5-8(7)13/h2-5,13H,1H3,(H,14,15). The van der Waals surface area contributed by atoms with Crippen LogP contribution in [0.15, 0.2) is 24.3 Å².